The number of carbonyl (C=O) groups is 1. The summed E-state index contributed by atoms with van der Waals surface area (Å²) < 4.78 is 6.72. The van der Waals surface area contributed by atoms with Crippen LogP contribution in [0.25, 0.3) is 22.2 Å². The van der Waals surface area contributed by atoms with Crippen molar-refractivity contribution in [2.45, 2.75) is 0 Å². The number of thiazole rings is 1. The van der Waals surface area contributed by atoms with E-state index >= 15 is 0 Å². The quantitative estimate of drug-likeness (QED) is 0.308. The van der Waals surface area contributed by atoms with E-state index in [1.54, 1.807) is 24.3 Å². The standard InChI is InChI=1S/C19H9Br2ClN2O3S/c20-11-5-10-6-13(18(26)27-16(10)14(21)7-11)17(25)24-19-23-15(8-28-19)9-1-3-12(22)4-2-9/h1-8H,(H,23,24,25). The molecule has 1 amide bonds. The van der Waals surface area contributed by atoms with Crippen molar-refractivity contribution in [1.29, 1.82) is 0 Å². The smallest absolute Gasteiger partial charge is 0.349 e. The highest BCUT2D eigenvalue weighted by Crippen LogP contribution is 2.29. The average Bonchev–Trinajstić information content (AvgIpc) is 3.11. The van der Waals surface area contributed by atoms with Crippen LogP contribution in [0.15, 0.2) is 66.0 Å². The summed E-state index contributed by atoms with van der Waals surface area (Å²) in [6, 6.07) is 12.3. The average molecular weight is 541 g/mol. The number of halogens is 3. The van der Waals surface area contributed by atoms with E-state index < -0.39 is 11.5 Å². The lowest BCUT2D eigenvalue weighted by molar-refractivity contribution is 0.102. The van der Waals surface area contributed by atoms with Crippen molar-refractivity contribution in [3.63, 3.8) is 0 Å². The number of hydrogen-bond acceptors (Lipinski definition) is 5. The van der Waals surface area contributed by atoms with Crippen LogP contribution in [0.4, 0.5) is 5.13 Å². The van der Waals surface area contributed by atoms with Crippen LogP contribution in [-0.4, -0.2) is 10.9 Å². The zero-order chi connectivity index (χ0) is 19.8. The van der Waals surface area contributed by atoms with Crippen molar-refractivity contribution in [3.05, 3.63) is 77.8 Å². The summed E-state index contributed by atoms with van der Waals surface area (Å²) >= 11 is 13.9. The predicted octanol–water partition coefficient (Wildman–Crippen LogP) is 6.35. The van der Waals surface area contributed by atoms with Gasteiger partial charge in [-0.15, -0.1) is 11.3 Å². The van der Waals surface area contributed by atoms with Gasteiger partial charge in [0, 0.05) is 25.8 Å². The molecule has 28 heavy (non-hydrogen) atoms. The second-order valence-electron chi connectivity index (χ2n) is 5.75. The van der Waals surface area contributed by atoms with E-state index in [0.717, 1.165) is 10.0 Å². The normalized spacial score (nSPS) is 11.0. The Morgan fingerprint density at radius 3 is 2.64 bits per heavy atom. The Kier molecular flexibility index (Phi) is 5.37. The van der Waals surface area contributed by atoms with Gasteiger partial charge in [-0.05, 0) is 46.3 Å². The Hall–Kier alpha value is -2.00. The molecule has 0 radical (unpaired) electrons. The number of fused-ring (bicyclic) bond motifs is 1. The molecule has 0 atom stereocenters. The zero-order valence-electron chi connectivity index (χ0n) is 13.8. The highest BCUT2D eigenvalue weighted by atomic mass is 79.9. The minimum Gasteiger partial charge on any atom is -0.421 e. The first kappa shape index (κ1) is 19.3. The van der Waals surface area contributed by atoms with Crippen molar-refractivity contribution in [3.8, 4) is 11.3 Å². The molecule has 140 valence electrons. The van der Waals surface area contributed by atoms with Crippen molar-refractivity contribution in [1.82, 2.24) is 4.98 Å². The number of carbonyl (C=O) groups excluding carboxylic acids is 1. The molecular formula is C19H9Br2ClN2O3S. The van der Waals surface area contributed by atoms with Gasteiger partial charge in [0.25, 0.3) is 5.91 Å². The van der Waals surface area contributed by atoms with Crippen molar-refractivity contribution >= 4 is 76.8 Å². The molecule has 4 rings (SSSR count). The van der Waals surface area contributed by atoms with Gasteiger partial charge in [0.15, 0.2) is 10.7 Å². The third-order valence-corrected chi connectivity index (χ3v) is 5.92. The largest absolute Gasteiger partial charge is 0.421 e. The molecule has 1 N–H and O–H groups in total. The highest BCUT2D eigenvalue weighted by Gasteiger charge is 2.17. The molecule has 4 aromatic rings. The summed E-state index contributed by atoms with van der Waals surface area (Å²) in [4.78, 5) is 29.3. The molecule has 0 saturated carbocycles. The molecule has 2 aromatic heterocycles. The number of amides is 1. The molecule has 0 spiro atoms. The monoisotopic (exact) mass is 538 g/mol. The third kappa shape index (κ3) is 3.91. The van der Waals surface area contributed by atoms with Crippen molar-refractivity contribution < 1.29 is 9.21 Å². The van der Waals surface area contributed by atoms with Gasteiger partial charge in [-0.3, -0.25) is 10.1 Å². The SMILES string of the molecule is O=C(Nc1nc(-c2ccc(Cl)cc2)cs1)c1cc2cc(Br)cc(Br)c2oc1=O. The number of rotatable bonds is 3. The number of benzene rings is 2. The van der Waals surface area contributed by atoms with E-state index in [9.17, 15) is 9.59 Å². The van der Waals surface area contributed by atoms with Crippen molar-refractivity contribution in [2.24, 2.45) is 0 Å². The number of aromatic nitrogens is 1. The number of nitrogens with one attached hydrogen (secondary N) is 1. The molecule has 0 saturated heterocycles. The van der Waals surface area contributed by atoms with Crippen LogP contribution >= 0.6 is 54.8 Å². The second-order valence-corrected chi connectivity index (χ2v) is 8.82. The lowest BCUT2D eigenvalue weighted by atomic mass is 10.2. The molecule has 0 fully saturated rings. The molecule has 9 heteroatoms. The van der Waals surface area contributed by atoms with Crippen LogP contribution in [0.1, 0.15) is 10.4 Å². The second kappa shape index (κ2) is 7.79. The van der Waals surface area contributed by atoms with Crippen LogP contribution in [0.5, 0.6) is 0 Å². The van der Waals surface area contributed by atoms with Crippen LogP contribution in [0.3, 0.4) is 0 Å². The minimum atomic E-state index is -0.720. The fraction of sp³-hybridized carbons (Fsp3) is 0. The lowest BCUT2D eigenvalue weighted by Crippen LogP contribution is -2.20. The Labute approximate surface area is 184 Å². The first-order valence-corrected chi connectivity index (χ1v) is 10.7. The lowest BCUT2D eigenvalue weighted by Gasteiger charge is -2.04. The van der Waals surface area contributed by atoms with Crippen LogP contribution in [-0.2, 0) is 0 Å². The number of anilines is 1. The topological polar surface area (TPSA) is 72.2 Å². The Bertz CT molecular complexity index is 1270. The fourth-order valence-electron chi connectivity index (χ4n) is 2.56. The fourth-order valence-corrected chi connectivity index (χ4v) is 4.74. The first-order valence-electron chi connectivity index (χ1n) is 7.86. The predicted molar refractivity (Wildman–Crippen MR) is 118 cm³/mol. The summed E-state index contributed by atoms with van der Waals surface area (Å²) in [5, 5.41) is 6.10. The molecule has 0 aliphatic carbocycles. The molecule has 2 heterocycles. The van der Waals surface area contributed by atoms with Gasteiger partial charge in [0.1, 0.15) is 5.56 Å². The molecule has 2 aromatic carbocycles. The van der Waals surface area contributed by atoms with Gasteiger partial charge in [0.2, 0.25) is 0 Å². The third-order valence-electron chi connectivity index (χ3n) is 3.86. The molecule has 0 bridgehead atoms. The molecule has 5 nitrogen and oxygen atoms in total. The summed E-state index contributed by atoms with van der Waals surface area (Å²) in [5.41, 5.74) is 1.14. The van der Waals surface area contributed by atoms with Gasteiger partial charge < -0.3 is 4.42 Å². The van der Waals surface area contributed by atoms with Gasteiger partial charge in [0.05, 0.1) is 10.2 Å². The van der Waals surface area contributed by atoms with E-state index in [2.05, 4.69) is 42.2 Å². The van der Waals surface area contributed by atoms with E-state index in [1.807, 2.05) is 17.5 Å². The molecular weight excluding hydrogens is 532 g/mol. The van der Waals surface area contributed by atoms with Crippen molar-refractivity contribution in [2.75, 3.05) is 5.32 Å². The van der Waals surface area contributed by atoms with E-state index in [1.165, 1.54) is 17.4 Å². The Morgan fingerprint density at radius 2 is 1.89 bits per heavy atom. The Morgan fingerprint density at radius 1 is 1.14 bits per heavy atom. The number of nitrogens with zero attached hydrogens (tertiary/aromatic N) is 1. The van der Waals surface area contributed by atoms with Crippen LogP contribution in [0, 0.1) is 0 Å². The van der Waals surface area contributed by atoms with E-state index in [0.29, 0.717) is 31.3 Å². The Balaban J connectivity index is 1.63. The molecule has 0 aliphatic rings. The van der Waals surface area contributed by atoms with E-state index in [4.69, 9.17) is 16.0 Å². The van der Waals surface area contributed by atoms with Crippen LogP contribution in [0.2, 0.25) is 5.02 Å². The van der Waals surface area contributed by atoms with E-state index in [-0.39, 0.29) is 5.56 Å². The van der Waals surface area contributed by atoms with Crippen LogP contribution < -0.4 is 10.9 Å². The summed E-state index contributed by atoms with van der Waals surface area (Å²) in [6.07, 6.45) is 0. The summed E-state index contributed by atoms with van der Waals surface area (Å²) in [7, 11) is 0. The van der Waals surface area contributed by atoms with Gasteiger partial charge >= 0.3 is 5.63 Å². The minimum absolute atomic E-state index is 0.0965. The summed E-state index contributed by atoms with van der Waals surface area (Å²) in [6.45, 7) is 0. The van der Waals surface area contributed by atoms with Gasteiger partial charge in [-0.2, -0.15) is 0 Å². The number of hydrogen-bond donors (Lipinski definition) is 1. The summed E-state index contributed by atoms with van der Waals surface area (Å²) in [5.74, 6) is -0.580. The van der Waals surface area contributed by atoms with Gasteiger partial charge in [-0.1, -0.05) is 39.7 Å². The van der Waals surface area contributed by atoms with Gasteiger partial charge in [-0.25, -0.2) is 9.78 Å². The molecule has 0 aliphatic heterocycles. The molecule has 0 unspecified atom stereocenters. The maximum absolute atomic E-state index is 12.6. The zero-order valence-corrected chi connectivity index (χ0v) is 18.6. The maximum Gasteiger partial charge on any atom is 0.349 e. The first-order chi connectivity index (χ1) is 13.4. The highest BCUT2D eigenvalue weighted by molar-refractivity contribution is 9.11. The maximum atomic E-state index is 12.6.